The second kappa shape index (κ2) is 4.70. The molecule has 0 aromatic heterocycles. The average Bonchev–Trinajstić information content (AvgIpc) is 2.52. The van der Waals surface area contributed by atoms with Crippen molar-refractivity contribution in [1.29, 1.82) is 0 Å². The minimum atomic E-state index is 0.166. The Morgan fingerprint density at radius 2 is 2.55 bits per heavy atom. The van der Waals surface area contributed by atoms with Gasteiger partial charge in [-0.1, -0.05) is 0 Å². The summed E-state index contributed by atoms with van der Waals surface area (Å²) < 4.78 is 10.8. The first-order valence-corrected chi connectivity index (χ1v) is 4.26. The monoisotopic (exact) mass is 159 g/mol. The van der Waals surface area contributed by atoms with Crippen molar-refractivity contribution >= 4 is 0 Å². The molecule has 0 bridgehead atoms. The largest absolute Gasteiger partial charge is 0.376 e. The molecule has 0 aliphatic carbocycles. The van der Waals surface area contributed by atoms with E-state index in [-0.39, 0.29) is 6.10 Å². The van der Waals surface area contributed by atoms with E-state index < -0.39 is 0 Å². The molecule has 1 aliphatic rings. The molecule has 1 aliphatic heterocycles. The van der Waals surface area contributed by atoms with Gasteiger partial charge in [0.05, 0.1) is 18.8 Å². The smallest absolute Gasteiger partial charge is 0.0809 e. The minimum Gasteiger partial charge on any atom is -0.376 e. The SMILES string of the molecule is C[C@H](CN)OC[C@H]1CCCO1. The Morgan fingerprint density at radius 3 is 3.09 bits per heavy atom. The summed E-state index contributed by atoms with van der Waals surface area (Å²) in [6.45, 7) is 4.17. The van der Waals surface area contributed by atoms with Gasteiger partial charge in [-0.2, -0.15) is 0 Å². The molecule has 0 aromatic rings. The van der Waals surface area contributed by atoms with Gasteiger partial charge in [-0.15, -0.1) is 0 Å². The summed E-state index contributed by atoms with van der Waals surface area (Å²) >= 11 is 0. The molecule has 3 nitrogen and oxygen atoms in total. The Labute approximate surface area is 67.9 Å². The quantitative estimate of drug-likeness (QED) is 0.650. The van der Waals surface area contributed by atoms with Crippen LogP contribution in [0.5, 0.6) is 0 Å². The van der Waals surface area contributed by atoms with Crippen LogP contribution in [0.25, 0.3) is 0 Å². The zero-order chi connectivity index (χ0) is 8.10. The molecule has 0 spiro atoms. The van der Waals surface area contributed by atoms with Gasteiger partial charge in [0.1, 0.15) is 0 Å². The number of nitrogens with two attached hydrogens (primary N) is 1. The Hall–Kier alpha value is -0.120. The number of rotatable bonds is 4. The molecule has 2 atom stereocenters. The first-order chi connectivity index (χ1) is 5.33. The van der Waals surface area contributed by atoms with Gasteiger partial charge in [-0.3, -0.25) is 0 Å². The van der Waals surface area contributed by atoms with Crippen LogP contribution in [0.2, 0.25) is 0 Å². The highest BCUT2D eigenvalue weighted by Crippen LogP contribution is 2.12. The summed E-state index contributed by atoms with van der Waals surface area (Å²) in [6.07, 6.45) is 2.80. The summed E-state index contributed by atoms with van der Waals surface area (Å²) in [5.41, 5.74) is 5.39. The van der Waals surface area contributed by atoms with Crippen molar-refractivity contribution in [2.24, 2.45) is 5.73 Å². The summed E-state index contributed by atoms with van der Waals surface area (Å²) in [5, 5.41) is 0. The first kappa shape index (κ1) is 8.97. The Balaban J connectivity index is 2.01. The fourth-order valence-corrected chi connectivity index (χ4v) is 1.12. The predicted octanol–water partition coefficient (Wildman–Crippen LogP) is 0.529. The van der Waals surface area contributed by atoms with Crippen molar-refractivity contribution in [1.82, 2.24) is 0 Å². The molecule has 1 heterocycles. The Kier molecular flexibility index (Phi) is 3.83. The zero-order valence-electron chi connectivity index (χ0n) is 7.08. The molecule has 1 saturated heterocycles. The van der Waals surface area contributed by atoms with Crippen molar-refractivity contribution in [2.75, 3.05) is 19.8 Å². The van der Waals surface area contributed by atoms with Gasteiger partial charge in [0.15, 0.2) is 0 Å². The molecule has 0 aromatic carbocycles. The minimum absolute atomic E-state index is 0.166. The van der Waals surface area contributed by atoms with E-state index in [4.69, 9.17) is 15.2 Å². The van der Waals surface area contributed by atoms with E-state index in [9.17, 15) is 0 Å². The molecule has 1 rings (SSSR count). The molecule has 2 N–H and O–H groups in total. The van der Waals surface area contributed by atoms with E-state index in [2.05, 4.69) is 0 Å². The molecule has 0 unspecified atom stereocenters. The van der Waals surface area contributed by atoms with E-state index in [1.165, 1.54) is 6.42 Å². The summed E-state index contributed by atoms with van der Waals surface area (Å²) in [7, 11) is 0. The van der Waals surface area contributed by atoms with E-state index in [1.54, 1.807) is 0 Å². The van der Waals surface area contributed by atoms with Crippen molar-refractivity contribution in [3.8, 4) is 0 Å². The zero-order valence-corrected chi connectivity index (χ0v) is 7.08. The van der Waals surface area contributed by atoms with Crippen LogP contribution in [0.3, 0.4) is 0 Å². The highest BCUT2D eigenvalue weighted by Gasteiger charge is 2.16. The van der Waals surface area contributed by atoms with Crippen LogP contribution >= 0.6 is 0 Å². The molecule has 3 heteroatoms. The highest BCUT2D eigenvalue weighted by atomic mass is 16.5. The number of hydrogen-bond acceptors (Lipinski definition) is 3. The third-order valence-electron chi connectivity index (χ3n) is 1.92. The third-order valence-corrected chi connectivity index (χ3v) is 1.92. The second-order valence-electron chi connectivity index (χ2n) is 3.01. The number of hydrogen-bond donors (Lipinski definition) is 1. The van der Waals surface area contributed by atoms with Crippen LogP contribution in [0.1, 0.15) is 19.8 Å². The molecule has 1 fully saturated rings. The maximum atomic E-state index is 5.43. The molecular weight excluding hydrogens is 142 g/mol. The van der Waals surface area contributed by atoms with Crippen LogP contribution < -0.4 is 5.73 Å². The molecule has 66 valence electrons. The molecule has 0 radical (unpaired) electrons. The van der Waals surface area contributed by atoms with E-state index in [0.29, 0.717) is 19.3 Å². The van der Waals surface area contributed by atoms with E-state index >= 15 is 0 Å². The van der Waals surface area contributed by atoms with Crippen LogP contribution in [0, 0.1) is 0 Å². The lowest BCUT2D eigenvalue weighted by Crippen LogP contribution is -2.25. The van der Waals surface area contributed by atoms with Crippen molar-refractivity contribution < 1.29 is 9.47 Å². The van der Waals surface area contributed by atoms with Crippen molar-refractivity contribution in [3.05, 3.63) is 0 Å². The van der Waals surface area contributed by atoms with Gasteiger partial charge < -0.3 is 15.2 Å². The molecule has 0 amide bonds. The standard InChI is InChI=1S/C8H17NO2/c1-7(5-9)11-6-8-3-2-4-10-8/h7-8H,2-6,9H2,1H3/t7-,8-/m1/s1. The fraction of sp³-hybridized carbons (Fsp3) is 1.00. The second-order valence-corrected chi connectivity index (χ2v) is 3.01. The van der Waals surface area contributed by atoms with Gasteiger partial charge in [0, 0.05) is 13.2 Å². The molecule has 0 saturated carbocycles. The Morgan fingerprint density at radius 1 is 1.73 bits per heavy atom. The van der Waals surface area contributed by atoms with Crippen LogP contribution in [0.15, 0.2) is 0 Å². The van der Waals surface area contributed by atoms with Crippen molar-refractivity contribution in [3.63, 3.8) is 0 Å². The van der Waals surface area contributed by atoms with Crippen LogP contribution in [-0.2, 0) is 9.47 Å². The summed E-state index contributed by atoms with van der Waals surface area (Å²) in [4.78, 5) is 0. The average molecular weight is 159 g/mol. The number of ether oxygens (including phenoxy) is 2. The first-order valence-electron chi connectivity index (χ1n) is 4.26. The van der Waals surface area contributed by atoms with E-state index in [0.717, 1.165) is 13.0 Å². The maximum absolute atomic E-state index is 5.43. The third kappa shape index (κ3) is 3.18. The lowest BCUT2D eigenvalue weighted by atomic mass is 10.2. The molecule has 11 heavy (non-hydrogen) atoms. The van der Waals surface area contributed by atoms with Gasteiger partial charge in [0.25, 0.3) is 0 Å². The maximum Gasteiger partial charge on any atom is 0.0809 e. The lowest BCUT2D eigenvalue weighted by molar-refractivity contribution is -0.0106. The van der Waals surface area contributed by atoms with Crippen LogP contribution in [0.4, 0.5) is 0 Å². The van der Waals surface area contributed by atoms with Crippen LogP contribution in [-0.4, -0.2) is 32.0 Å². The topological polar surface area (TPSA) is 44.5 Å². The lowest BCUT2D eigenvalue weighted by Gasteiger charge is -2.14. The van der Waals surface area contributed by atoms with Gasteiger partial charge in [-0.25, -0.2) is 0 Å². The van der Waals surface area contributed by atoms with Crippen molar-refractivity contribution in [2.45, 2.75) is 32.0 Å². The van der Waals surface area contributed by atoms with E-state index in [1.807, 2.05) is 6.92 Å². The highest BCUT2D eigenvalue weighted by molar-refractivity contribution is 4.64. The summed E-state index contributed by atoms with van der Waals surface area (Å²) in [5.74, 6) is 0. The summed E-state index contributed by atoms with van der Waals surface area (Å²) in [6, 6.07) is 0. The van der Waals surface area contributed by atoms with Gasteiger partial charge >= 0.3 is 0 Å². The fourth-order valence-electron chi connectivity index (χ4n) is 1.12. The molecular formula is C8H17NO2. The normalized spacial score (nSPS) is 27.3. The predicted molar refractivity (Wildman–Crippen MR) is 43.4 cm³/mol. The Bertz CT molecular complexity index is 102. The van der Waals surface area contributed by atoms with Gasteiger partial charge in [-0.05, 0) is 19.8 Å². The van der Waals surface area contributed by atoms with Gasteiger partial charge in [0.2, 0.25) is 0 Å².